The van der Waals surface area contributed by atoms with Crippen LogP contribution in [0.3, 0.4) is 0 Å². The van der Waals surface area contributed by atoms with Gasteiger partial charge in [-0.05, 0) is 50.6 Å². The smallest absolute Gasteiger partial charge is 0.110 e. The number of benzene rings is 1. The molecule has 1 heterocycles. The van der Waals surface area contributed by atoms with Gasteiger partial charge in [0.15, 0.2) is 0 Å². The lowest BCUT2D eigenvalue weighted by atomic mass is 9.92. The van der Waals surface area contributed by atoms with Crippen LogP contribution in [0.15, 0.2) is 24.3 Å². The Morgan fingerprint density at radius 2 is 1.74 bits per heavy atom. The van der Waals surface area contributed by atoms with E-state index in [1.165, 1.54) is 31.2 Å². The van der Waals surface area contributed by atoms with E-state index in [2.05, 4.69) is 17.9 Å². The van der Waals surface area contributed by atoms with Gasteiger partial charge in [0.1, 0.15) is 5.54 Å². The summed E-state index contributed by atoms with van der Waals surface area (Å²) in [5.41, 5.74) is 0.774. The van der Waals surface area contributed by atoms with Crippen molar-refractivity contribution in [1.82, 2.24) is 4.90 Å². The van der Waals surface area contributed by atoms with Crippen LogP contribution in [0.5, 0.6) is 0 Å². The fraction of sp³-hybridized carbons (Fsp3) is 0.562. The first-order valence-electron chi connectivity index (χ1n) is 7.05. The Hall–Kier alpha value is -1.04. The molecule has 0 bridgehead atoms. The van der Waals surface area contributed by atoms with E-state index in [0.717, 1.165) is 24.5 Å². The Labute approximate surface area is 121 Å². The summed E-state index contributed by atoms with van der Waals surface area (Å²) in [6.07, 6.45) is 5.76. The lowest BCUT2D eigenvalue weighted by Gasteiger charge is -2.35. The lowest BCUT2D eigenvalue weighted by molar-refractivity contribution is 0.157. The molecule has 1 unspecified atom stereocenters. The van der Waals surface area contributed by atoms with E-state index < -0.39 is 5.54 Å². The van der Waals surface area contributed by atoms with Crippen LogP contribution < -0.4 is 0 Å². The van der Waals surface area contributed by atoms with Gasteiger partial charge in [-0.15, -0.1) is 0 Å². The molecule has 0 aromatic heterocycles. The summed E-state index contributed by atoms with van der Waals surface area (Å²) < 4.78 is 0. The molecule has 0 radical (unpaired) electrons. The Balaban J connectivity index is 2.12. The average molecular weight is 277 g/mol. The highest BCUT2D eigenvalue weighted by Crippen LogP contribution is 2.24. The van der Waals surface area contributed by atoms with E-state index >= 15 is 0 Å². The fourth-order valence-electron chi connectivity index (χ4n) is 2.79. The summed E-state index contributed by atoms with van der Waals surface area (Å²) in [6.45, 7) is 4.14. The Kier molecular flexibility index (Phi) is 4.85. The van der Waals surface area contributed by atoms with Gasteiger partial charge in [0.05, 0.1) is 6.07 Å². The molecule has 0 aliphatic carbocycles. The van der Waals surface area contributed by atoms with E-state index in [1.54, 1.807) is 0 Å². The summed E-state index contributed by atoms with van der Waals surface area (Å²) in [5.74, 6) is 0. The zero-order valence-electron chi connectivity index (χ0n) is 11.5. The van der Waals surface area contributed by atoms with Crippen LogP contribution in [0, 0.1) is 11.3 Å². The number of nitriles is 1. The first-order chi connectivity index (χ1) is 9.14. The molecule has 102 valence electrons. The Morgan fingerprint density at radius 1 is 1.16 bits per heavy atom. The molecule has 2 nitrogen and oxygen atoms in total. The minimum absolute atomic E-state index is 0.405. The van der Waals surface area contributed by atoms with Gasteiger partial charge in [-0.2, -0.15) is 5.26 Å². The third-order valence-electron chi connectivity index (χ3n) is 4.01. The molecule has 1 saturated heterocycles. The maximum atomic E-state index is 9.63. The highest BCUT2D eigenvalue weighted by molar-refractivity contribution is 6.30. The van der Waals surface area contributed by atoms with Gasteiger partial charge < -0.3 is 0 Å². The maximum Gasteiger partial charge on any atom is 0.110 e. The van der Waals surface area contributed by atoms with Crippen molar-refractivity contribution >= 4 is 11.6 Å². The third-order valence-corrected chi connectivity index (χ3v) is 4.26. The molecule has 19 heavy (non-hydrogen) atoms. The van der Waals surface area contributed by atoms with Gasteiger partial charge in [-0.3, -0.25) is 4.90 Å². The predicted octanol–water partition coefficient (Wildman–Crippen LogP) is 4.04. The normalized spacial score (nSPS) is 20.3. The first kappa shape index (κ1) is 14.4. The number of hydrogen-bond acceptors (Lipinski definition) is 2. The minimum Gasteiger partial charge on any atom is -0.285 e. The molecular formula is C16H21ClN2. The molecule has 0 N–H and O–H groups in total. The predicted molar refractivity (Wildman–Crippen MR) is 79.2 cm³/mol. The van der Waals surface area contributed by atoms with Crippen LogP contribution in [0.1, 0.15) is 38.2 Å². The molecule has 2 rings (SSSR count). The molecule has 0 saturated carbocycles. The second kappa shape index (κ2) is 6.41. The van der Waals surface area contributed by atoms with Crippen LogP contribution in [0.25, 0.3) is 0 Å². The van der Waals surface area contributed by atoms with Gasteiger partial charge in [-0.25, -0.2) is 0 Å². The summed E-state index contributed by atoms with van der Waals surface area (Å²) in [7, 11) is 0. The molecule has 1 fully saturated rings. The topological polar surface area (TPSA) is 27.0 Å². The lowest BCUT2D eigenvalue weighted by Crippen LogP contribution is -2.47. The molecule has 3 heteroatoms. The zero-order chi connectivity index (χ0) is 13.7. The standard InChI is InChI=1S/C16H21ClN2/c1-16(13-18,19-10-4-2-3-5-11-19)12-14-6-8-15(17)9-7-14/h6-9H,2-5,10-12H2,1H3. The average Bonchev–Trinajstić information content (AvgIpc) is 2.71. The van der Waals surface area contributed by atoms with E-state index in [0.29, 0.717) is 0 Å². The van der Waals surface area contributed by atoms with Crippen molar-refractivity contribution in [2.75, 3.05) is 13.1 Å². The molecule has 1 aromatic rings. The first-order valence-corrected chi connectivity index (χ1v) is 7.43. The van der Waals surface area contributed by atoms with Gasteiger partial charge in [0.2, 0.25) is 0 Å². The number of rotatable bonds is 3. The van der Waals surface area contributed by atoms with Crippen LogP contribution in [-0.2, 0) is 6.42 Å². The van der Waals surface area contributed by atoms with Crippen LogP contribution >= 0.6 is 11.6 Å². The third kappa shape index (κ3) is 3.72. The summed E-state index contributed by atoms with van der Waals surface area (Å²) >= 11 is 5.91. The fourth-order valence-corrected chi connectivity index (χ4v) is 2.91. The van der Waals surface area contributed by atoms with Gasteiger partial charge >= 0.3 is 0 Å². The van der Waals surface area contributed by atoms with E-state index in [4.69, 9.17) is 11.6 Å². The number of likely N-dealkylation sites (tertiary alicyclic amines) is 1. The van der Waals surface area contributed by atoms with Crippen molar-refractivity contribution in [2.45, 2.75) is 44.6 Å². The van der Waals surface area contributed by atoms with Crippen molar-refractivity contribution in [3.63, 3.8) is 0 Å². The SMILES string of the molecule is CC(C#N)(Cc1ccc(Cl)cc1)N1CCCCCC1. The second-order valence-electron chi connectivity index (χ2n) is 5.59. The number of nitrogens with zero attached hydrogens (tertiary/aromatic N) is 2. The van der Waals surface area contributed by atoms with Crippen molar-refractivity contribution in [1.29, 1.82) is 5.26 Å². The molecule has 1 aliphatic heterocycles. The van der Waals surface area contributed by atoms with Crippen LogP contribution in [-0.4, -0.2) is 23.5 Å². The summed E-state index contributed by atoms with van der Waals surface area (Å²) in [5, 5.41) is 10.4. The van der Waals surface area contributed by atoms with Gasteiger partial charge in [0, 0.05) is 11.4 Å². The largest absolute Gasteiger partial charge is 0.285 e. The molecular weight excluding hydrogens is 256 g/mol. The molecule has 0 amide bonds. The van der Waals surface area contributed by atoms with Crippen molar-refractivity contribution < 1.29 is 0 Å². The van der Waals surface area contributed by atoms with E-state index in [1.807, 2.05) is 24.3 Å². The van der Waals surface area contributed by atoms with Crippen molar-refractivity contribution in [2.24, 2.45) is 0 Å². The highest BCUT2D eigenvalue weighted by atomic mass is 35.5. The van der Waals surface area contributed by atoms with Crippen LogP contribution in [0.4, 0.5) is 0 Å². The van der Waals surface area contributed by atoms with E-state index in [9.17, 15) is 5.26 Å². The monoisotopic (exact) mass is 276 g/mol. The van der Waals surface area contributed by atoms with Gasteiger partial charge in [0.25, 0.3) is 0 Å². The van der Waals surface area contributed by atoms with Crippen molar-refractivity contribution in [3.8, 4) is 6.07 Å². The van der Waals surface area contributed by atoms with Gasteiger partial charge in [-0.1, -0.05) is 36.6 Å². The second-order valence-corrected chi connectivity index (χ2v) is 6.03. The zero-order valence-corrected chi connectivity index (χ0v) is 12.3. The minimum atomic E-state index is -0.405. The molecule has 0 spiro atoms. The van der Waals surface area contributed by atoms with Crippen molar-refractivity contribution in [3.05, 3.63) is 34.9 Å². The molecule has 1 atom stereocenters. The summed E-state index contributed by atoms with van der Waals surface area (Å²) in [4.78, 5) is 2.36. The number of hydrogen-bond donors (Lipinski definition) is 0. The van der Waals surface area contributed by atoms with Crippen LogP contribution in [0.2, 0.25) is 5.02 Å². The molecule has 1 aliphatic rings. The maximum absolute atomic E-state index is 9.63. The quantitative estimate of drug-likeness (QED) is 0.833. The highest BCUT2D eigenvalue weighted by Gasteiger charge is 2.32. The molecule has 1 aromatic carbocycles. The number of halogens is 1. The van der Waals surface area contributed by atoms with E-state index in [-0.39, 0.29) is 0 Å². The summed E-state index contributed by atoms with van der Waals surface area (Å²) in [6, 6.07) is 10.4. The Bertz CT molecular complexity index is 441. The Morgan fingerprint density at radius 3 is 2.26 bits per heavy atom.